The molecule has 2 aromatic carbocycles. The minimum Gasteiger partial charge on any atom is -0.481 e. The van der Waals surface area contributed by atoms with Crippen LogP contribution in [-0.2, 0) is 11.3 Å². The summed E-state index contributed by atoms with van der Waals surface area (Å²) in [5, 5.41) is 8.20. The van der Waals surface area contributed by atoms with Crippen LogP contribution in [0.2, 0.25) is 0 Å². The molecule has 9 heteroatoms. The average Bonchev–Trinajstić information content (AvgIpc) is 3.19. The Morgan fingerprint density at radius 2 is 1.90 bits per heavy atom. The van der Waals surface area contributed by atoms with Crippen molar-refractivity contribution in [3.63, 3.8) is 0 Å². The number of aromatic nitrogens is 2. The van der Waals surface area contributed by atoms with Crippen LogP contribution in [0.25, 0.3) is 0 Å². The maximum absolute atomic E-state index is 13.0. The van der Waals surface area contributed by atoms with Gasteiger partial charge in [0, 0.05) is 18.1 Å². The third-order valence-corrected chi connectivity index (χ3v) is 5.31. The van der Waals surface area contributed by atoms with Gasteiger partial charge in [-0.25, -0.2) is 4.39 Å². The Labute approximate surface area is 180 Å². The Balaban J connectivity index is 1.49. The van der Waals surface area contributed by atoms with Crippen molar-refractivity contribution in [3.05, 3.63) is 70.3 Å². The highest BCUT2D eigenvalue weighted by Crippen LogP contribution is 2.24. The number of hydrogen-bond acceptors (Lipinski definition) is 6. The van der Waals surface area contributed by atoms with Gasteiger partial charge in [-0.2, -0.15) is 0 Å². The van der Waals surface area contributed by atoms with E-state index in [0.29, 0.717) is 17.5 Å². The Kier molecular flexibility index (Phi) is 7.27. The molecule has 3 rings (SSSR count). The van der Waals surface area contributed by atoms with E-state index in [1.165, 1.54) is 36.0 Å². The SMILES string of the molecule is CC(Oc1ccc(F)cc1)c1nnc(SCC(=O)N(C)Cc2ccc(Br)cc2)o1. The lowest BCUT2D eigenvalue weighted by Crippen LogP contribution is -2.27. The summed E-state index contributed by atoms with van der Waals surface area (Å²) < 4.78 is 25.2. The van der Waals surface area contributed by atoms with Crippen molar-refractivity contribution in [2.75, 3.05) is 12.8 Å². The molecule has 0 saturated carbocycles. The van der Waals surface area contributed by atoms with Gasteiger partial charge in [-0.3, -0.25) is 4.79 Å². The van der Waals surface area contributed by atoms with Crippen molar-refractivity contribution >= 4 is 33.6 Å². The molecule has 0 radical (unpaired) electrons. The van der Waals surface area contributed by atoms with E-state index < -0.39 is 6.10 Å². The summed E-state index contributed by atoms with van der Waals surface area (Å²) in [6.07, 6.45) is -0.502. The van der Waals surface area contributed by atoms with Gasteiger partial charge in [0.1, 0.15) is 11.6 Å². The van der Waals surface area contributed by atoms with E-state index in [1.54, 1.807) is 18.9 Å². The molecule has 0 N–H and O–H groups in total. The van der Waals surface area contributed by atoms with E-state index in [0.717, 1.165) is 10.0 Å². The second kappa shape index (κ2) is 9.89. The monoisotopic (exact) mass is 479 g/mol. The highest BCUT2D eigenvalue weighted by atomic mass is 79.9. The molecule has 0 aliphatic carbocycles. The van der Waals surface area contributed by atoms with Crippen LogP contribution < -0.4 is 4.74 Å². The lowest BCUT2D eigenvalue weighted by molar-refractivity contribution is -0.127. The van der Waals surface area contributed by atoms with Gasteiger partial charge >= 0.3 is 0 Å². The molecule has 0 bridgehead atoms. The third-order valence-electron chi connectivity index (χ3n) is 3.97. The molecule has 29 heavy (non-hydrogen) atoms. The Bertz CT molecular complexity index is 950. The molecule has 1 atom stereocenters. The zero-order valence-electron chi connectivity index (χ0n) is 15.8. The van der Waals surface area contributed by atoms with Crippen LogP contribution in [0, 0.1) is 5.82 Å². The van der Waals surface area contributed by atoms with Crippen molar-refractivity contribution in [1.29, 1.82) is 0 Å². The number of carbonyl (C=O) groups is 1. The molecular weight excluding hydrogens is 461 g/mol. The highest BCUT2D eigenvalue weighted by Gasteiger charge is 2.18. The van der Waals surface area contributed by atoms with E-state index in [-0.39, 0.29) is 23.4 Å². The molecule has 3 aromatic rings. The summed E-state index contributed by atoms with van der Waals surface area (Å²) in [7, 11) is 1.75. The highest BCUT2D eigenvalue weighted by molar-refractivity contribution is 9.10. The molecular formula is C20H19BrFN3O3S. The first-order chi connectivity index (χ1) is 13.9. The molecule has 0 aliphatic heterocycles. The molecule has 1 amide bonds. The first kappa shape index (κ1) is 21.3. The van der Waals surface area contributed by atoms with Gasteiger partial charge in [0.05, 0.1) is 5.75 Å². The van der Waals surface area contributed by atoms with Gasteiger partial charge in [-0.05, 0) is 48.9 Å². The number of ether oxygens (including phenoxy) is 1. The van der Waals surface area contributed by atoms with E-state index in [1.807, 2.05) is 24.3 Å². The predicted molar refractivity (Wildman–Crippen MR) is 111 cm³/mol. The van der Waals surface area contributed by atoms with Gasteiger partial charge in [0.2, 0.25) is 5.91 Å². The summed E-state index contributed by atoms with van der Waals surface area (Å²) in [5.74, 6) is 0.579. The predicted octanol–water partition coefficient (Wildman–Crippen LogP) is 4.86. The van der Waals surface area contributed by atoms with Gasteiger partial charge in [0.15, 0.2) is 6.10 Å². The molecule has 0 aliphatic rings. The number of benzene rings is 2. The lowest BCUT2D eigenvalue weighted by atomic mass is 10.2. The van der Waals surface area contributed by atoms with Crippen molar-refractivity contribution in [2.24, 2.45) is 0 Å². The fraction of sp³-hybridized carbons (Fsp3) is 0.250. The summed E-state index contributed by atoms with van der Waals surface area (Å²) >= 11 is 4.57. The number of thioether (sulfide) groups is 1. The fourth-order valence-corrected chi connectivity index (χ4v) is 3.37. The number of nitrogens with zero attached hydrogens (tertiary/aromatic N) is 3. The van der Waals surface area contributed by atoms with Crippen molar-refractivity contribution in [3.8, 4) is 5.75 Å². The molecule has 0 fully saturated rings. The molecule has 1 heterocycles. The van der Waals surface area contributed by atoms with Gasteiger partial charge in [-0.1, -0.05) is 39.8 Å². The Morgan fingerprint density at radius 3 is 2.59 bits per heavy atom. The topological polar surface area (TPSA) is 68.5 Å². The van der Waals surface area contributed by atoms with Crippen LogP contribution in [0.1, 0.15) is 24.5 Å². The first-order valence-corrected chi connectivity index (χ1v) is 10.6. The third kappa shape index (κ3) is 6.30. The fourth-order valence-electron chi connectivity index (χ4n) is 2.40. The second-order valence-corrected chi connectivity index (χ2v) is 8.13. The average molecular weight is 480 g/mol. The molecule has 152 valence electrons. The quantitative estimate of drug-likeness (QED) is 0.429. The van der Waals surface area contributed by atoms with E-state index in [4.69, 9.17) is 9.15 Å². The Morgan fingerprint density at radius 1 is 1.21 bits per heavy atom. The summed E-state index contributed by atoms with van der Waals surface area (Å²) in [5.41, 5.74) is 1.04. The van der Waals surface area contributed by atoms with Crippen LogP contribution in [0.15, 0.2) is 62.6 Å². The normalized spacial score (nSPS) is 11.9. The van der Waals surface area contributed by atoms with Crippen LogP contribution >= 0.6 is 27.7 Å². The molecule has 1 unspecified atom stereocenters. The maximum atomic E-state index is 13.0. The van der Waals surface area contributed by atoms with Gasteiger partial charge in [0.25, 0.3) is 11.1 Å². The summed E-state index contributed by atoms with van der Waals surface area (Å²) in [6.45, 7) is 2.27. The lowest BCUT2D eigenvalue weighted by Gasteiger charge is -2.16. The minimum atomic E-state index is -0.502. The van der Waals surface area contributed by atoms with Crippen molar-refractivity contribution in [2.45, 2.75) is 24.8 Å². The summed E-state index contributed by atoms with van der Waals surface area (Å²) in [6, 6.07) is 13.5. The number of amides is 1. The standard InChI is InChI=1S/C20H19BrFN3O3S/c1-13(27-17-9-7-16(22)8-10-17)19-23-24-20(28-19)29-12-18(26)25(2)11-14-3-5-15(21)6-4-14/h3-10,13H,11-12H2,1-2H3. The largest absolute Gasteiger partial charge is 0.481 e. The van der Waals surface area contributed by atoms with E-state index in [9.17, 15) is 9.18 Å². The number of carbonyl (C=O) groups excluding carboxylic acids is 1. The zero-order valence-corrected chi connectivity index (χ0v) is 18.2. The summed E-state index contributed by atoms with van der Waals surface area (Å²) in [4.78, 5) is 14.0. The number of hydrogen-bond donors (Lipinski definition) is 0. The minimum absolute atomic E-state index is 0.0479. The molecule has 1 aromatic heterocycles. The van der Waals surface area contributed by atoms with Crippen LogP contribution in [0.3, 0.4) is 0 Å². The van der Waals surface area contributed by atoms with E-state index in [2.05, 4.69) is 26.1 Å². The molecule has 6 nitrogen and oxygen atoms in total. The van der Waals surface area contributed by atoms with Gasteiger partial charge < -0.3 is 14.1 Å². The van der Waals surface area contributed by atoms with Crippen molar-refractivity contribution in [1.82, 2.24) is 15.1 Å². The van der Waals surface area contributed by atoms with Crippen molar-refractivity contribution < 1.29 is 18.3 Å². The van der Waals surface area contributed by atoms with Gasteiger partial charge in [-0.15, -0.1) is 10.2 Å². The number of rotatable bonds is 8. The van der Waals surface area contributed by atoms with Crippen LogP contribution in [0.4, 0.5) is 4.39 Å². The smallest absolute Gasteiger partial charge is 0.277 e. The van der Waals surface area contributed by atoms with E-state index >= 15 is 0 Å². The zero-order chi connectivity index (χ0) is 20.8. The molecule has 0 spiro atoms. The van der Waals surface area contributed by atoms with Crippen LogP contribution in [0.5, 0.6) is 5.75 Å². The second-order valence-electron chi connectivity index (χ2n) is 6.29. The first-order valence-electron chi connectivity index (χ1n) is 8.77. The van der Waals surface area contributed by atoms with Crippen LogP contribution in [-0.4, -0.2) is 33.8 Å². The number of halogens is 2. The Hall–Kier alpha value is -2.39. The molecule has 0 saturated heterocycles. The maximum Gasteiger partial charge on any atom is 0.277 e.